The Morgan fingerprint density at radius 1 is 1.17 bits per heavy atom. The molecule has 0 saturated carbocycles. The number of imide groups is 1. The lowest BCUT2D eigenvalue weighted by atomic mass is 10.1. The van der Waals surface area contributed by atoms with Gasteiger partial charge >= 0.3 is 0 Å². The first kappa shape index (κ1) is 16.3. The number of rotatable bonds is 4. The lowest BCUT2D eigenvalue weighted by molar-refractivity contribution is -0.121. The smallest absolute Gasteiger partial charge is 0.256 e. The predicted octanol–water partition coefficient (Wildman–Crippen LogP) is 3.40. The highest BCUT2D eigenvalue weighted by atomic mass is 35.5. The van der Waals surface area contributed by atoms with E-state index in [2.05, 4.69) is 5.32 Å². The van der Waals surface area contributed by atoms with Crippen molar-refractivity contribution in [1.29, 1.82) is 0 Å². The number of carbonyl (C=O) groups is 2. The minimum absolute atomic E-state index is 0.108. The molecule has 3 rings (SSSR count). The van der Waals surface area contributed by atoms with E-state index in [4.69, 9.17) is 16.3 Å². The second kappa shape index (κ2) is 6.53. The van der Waals surface area contributed by atoms with E-state index in [1.807, 2.05) is 13.0 Å². The maximum absolute atomic E-state index is 12.6. The van der Waals surface area contributed by atoms with E-state index in [-0.39, 0.29) is 18.2 Å². The van der Waals surface area contributed by atoms with Crippen molar-refractivity contribution in [2.24, 2.45) is 0 Å². The molecular formula is C18H17ClN2O3. The Morgan fingerprint density at radius 2 is 1.88 bits per heavy atom. The zero-order valence-corrected chi connectivity index (χ0v) is 14.1. The summed E-state index contributed by atoms with van der Waals surface area (Å²) in [6.45, 7) is 1.87. The molecule has 1 saturated heterocycles. The number of nitrogens with zero attached hydrogens (tertiary/aromatic N) is 1. The average Bonchev–Trinajstić information content (AvgIpc) is 2.86. The molecule has 5 nitrogen and oxygen atoms in total. The van der Waals surface area contributed by atoms with Gasteiger partial charge in [0, 0.05) is 10.7 Å². The zero-order valence-electron chi connectivity index (χ0n) is 13.4. The van der Waals surface area contributed by atoms with Crippen LogP contribution in [0.4, 0.5) is 11.4 Å². The third kappa shape index (κ3) is 2.95. The van der Waals surface area contributed by atoms with E-state index in [9.17, 15) is 9.59 Å². The Hall–Kier alpha value is -2.53. The van der Waals surface area contributed by atoms with Crippen LogP contribution in [0.5, 0.6) is 5.75 Å². The lowest BCUT2D eigenvalue weighted by Gasteiger charge is -2.17. The SMILES string of the molecule is COc1ccc(N2C(=O)C[C@H](Nc3cccc(Cl)c3C)C2=O)cc1. The number of hydrogen-bond donors (Lipinski definition) is 1. The van der Waals surface area contributed by atoms with Crippen LogP contribution in [0.3, 0.4) is 0 Å². The molecular weight excluding hydrogens is 328 g/mol. The topological polar surface area (TPSA) is 58.6 Å². The number of amides is 2. The van der Waals surface area contributed by atoms with Crippen LogP contribution in [-0.4, -0.2) is 25.0 Å². The molecule has 2 aromatic carbocycles. The minimum atomic E-state index is -0.600. The van der Waals surface area contributed by atoms with Gasteiger partial charge in [0.2, 0.25) is 5.91 Å². The number of halogens is 1. The second-order valence-electron chi connectivity index (χ2n) is 5.58. The van der Waals surface area contributed by atoms with Gasteiger partial charge in [0.05, 0.1) is 19.2 Å². The highest BCUT2D eigenvalue weighted by molar-refractivity contribution is 6.31. The van der Waals surface area contributed by atoms with Crippen LogP contribution in [0, 0.1) is 6.92 Å². The van der Waals surface area contributed by atoms with Gasteiger partial charge in [-0.25, -0.2) is 4.90 Å². The molecule has 1 N–H and O–H groups in total. The molecule has 1 atom stereocenters. The Bertz CT molecular complexity index is 789. The molecule has 24 heavy (non-hydrogen) atoms. The Kier molecular flexibility index (Phi) is 4.44. The van der Waals surface area contributed by atoms with Gasteiger partial charge in [-0.15, -0.1) is 0 Å². The van der Waals surface area contributed by atoms with Gasteiger partial charge in [-0.2, -0.15) is 0 Å². The summed E-state index contributed by atoms with van der Waals surface area (Å²) in [5.41, 5.74) is 2.14. The molecule has 1 aliphatic rings. The standard InChI is InChI=1S/C18H17ClN2O3/c1-11-14(19)4-3-5-15(11)20-16-10-17(22)21(18(16)23)12-6-8-13(24-2)9-7-12/h3-9,16,20H,10H2,1-2H3/t16-/m0/s1. The van der Waals surface area contributed by atoms with Crippen LogP contribution in [0.1, 0.15) is 12.0 Å². The summed E-state index contributed by atoms with van der Waals surface area (Å²) in [7, 11) is 1.56. The summed E-state index contributed by atoms with van der Waals surface area (Å²) in [5.74, 6) is 0.161. The third-order valence-corrected chi connectivity index (χ3v) is 4.48. The highest BCUT2D eigenvalue weighted by Gasteiger charge is 2.39. The van der Waals surface area contributed by atoms with Crippen LogP contribution in [-0.2, 0) is 9.59 Å². The molecule has 1 fully saturated rings. The summed E-state index contributed by atoms with van der Waals surface area (Å²) in [5, 5.41) is 3.75. The van der Waals surface area contributed by atoms with Crippen molar-refractivity contribution in [3.8, 4) is 5.75 Å². The Labute approximate surface area is 145 Å². The van der Waals surface area contributed by atoms with Gasteiger partial charge in [-0.3, -0.25) is 9.59 Å². The van der Waals surface area contributed by atoms with Gasteiger partial charge in [0.15, 0.2) is 0 Å². The van der Waals surface area contributed by atoms with E-state index in [1.54, 1.807) is 43.5 Å². The van der Waals surface area contributed by atoms with Crippen LogP contribution >= 0.6 is 11.6 Å². The van der Waals surface area contributed by atoms with E-state index in [0.717, 1.165) is 11.3 Å². The number of ether oxygens (including phenoxy) is 1. The quantitative estimate of drug-likeness (QED) is 0.864. The fraction of sp³-hybridized carbons (Fsp3) is 0.222. The van der Waals surface area contributed by atoms with Crippen molar-refractivity contribution in [2.75, 3.05) is 17.3 Å². The van der Waals surface area contributed by atoms with Crippen molar-refractivity contribution in [3.05, 3.63) is 53.1 Å². The lowest BCUT2D eigenvalue weighted by Crippen LogP contribution is -2.34. The van der Waals surface area contributed by atoms with Gasteiger partial charge in [0.1, 0.15) is 11.8 Å². The molecule has 0 unspecified atom stereocenters. The van der Waals surface area contributed by atoms with Crippen LogP contribution in [0.15, 0.2) is 42.5 Å². The van der Waals surface area contributed by atoms with Crippen molar-refractivity contribution < 1.29 is 14.3 Å². The molecule has 2 amide bonds. The van der Waals surface area contributed by atoms with Crippen LogP contribution in [0.2, 0.25) is 5.02 Å². The van der Waals surface area contributed by atoms with Crippen molar-refractivity contribution >= 4 is 34.8 Å². The molecule has 0 aromatic heterocycles. The van der Waals surface area contributed by atoms with Crippen molar-refractivity contribution in [3.63, 3.8) is 0 Å². The van der Waals surface area contributed by atoms with Gasteiger partial charge in [0.25, 0.3) is 5.91 Å². The average molecular weight is 345 g/mol. The zero-order chi connectivity index (χ0) is 17.3. The molecule has 0 radical (unpaired) electrons. The summed E-state index contributed by atoms with van der Waals surface area (Å²) >= 11 is 6.10. The molecule has 0 aliphatic carbocycles. The fourth-order valence-electron chi connectivity index (χ4n) is 2.70. The highest BCUT2D eigenvalue weighted by Crippen LogP contribution is 2.29. The van der Waals surface area contributed by atoms with E-state index in [1.165, 1.54) is 4.90 Å². The van der Waals surface area contributed by atoms with Gasteiger partial charge in [-0.1, -0.05) is 17.7 Å². The van der Waals surface area contributed by atoms with Crippen LogP contribution in [0.25, 0.3) is 0 Å². The largest absolute Gasteiger partial charge is 0.497 e. The van der Waals surface area contributed by atoms with Crippen LogP contribution < -0.4 is 15.0 Å². The summed E-state index contributed by atoms with van der Waals surface area (Å²) in [4.78, 5) is 26.2. The van der Waals surface area contributed by atoms with Crippen molar-refractivity contribution in [2.45, 2.75) is 19.4 Å². The number of hydrogen-bond acceptors (Lipinski definition) is 4. The summed E-state index contributed by atoms with van der Waals surface area (Å²) < 4.78 is 5.10. The second-order valence-corrected chi connectivity index (χ2v) is 5.99. The molecule has 1 heterocycles. The number of benzene rings is 2. The number of carbonyl (C=O) groups excluding carboxylic acids is 2. The third-order valence-electron chi connectivity index (χ3n) is 4.07. The molecule has 2 aromatic rings. The van der Waals surface area contributed by atoms with Gasteiger partial charge in [-0.05, 0) is 48.9 Å². The maximum atomic E-state index is 12.6. The Balaban J connectivity index is 1.82. The van der Waals surface area contributed by atoms with E-state index < -0.39 is 6.04 Å². The molecule has 0 bridgehead atoms. The van der Waals surface area contributed by atoms with E-state index in [0.29, 0.717) is 16.5 Å². The molecule has 0 spiro atoms. The van der Waals surface area contributed by atoms with E-state index >= 15 is 0 Å². The number of anilines is 2. The molecule has 6 heteroatoms. The first-order valence-electron chi connectivity index (χ1n) is 7.53. The predicted molar refractivity (Wildman–Crippen MR) is 93.7 cm³/mol. The summed E-state index contributed by atoms with van der Waals surface area (Å²) in [6, 6.07) is 11.7. The fourth-order valence-corrected chi connectivity index (χ4v) is 2.87. The monoisotopic (exact) mass is 344 g/mol. The molecule has 124 valence electrons. The molecule has 1 aliphatic heterocycles. The number of methoxy groups -OCH3 is 1. The summed E-state index contributed by atoms with van der Waals surface area (Å²) in [6.07, 6.45) is 0.108. The Morgan fingerprint density at radius 3 is 2.54 bits per heavy atom. The number of nitrogens with one attached hydrogen (secondary N) is 1. The van der Waals surface area contributed by atoms with Gasteiger partial charge < -0.3 is 10.1 Å². The first-order chi connectivity index (χ1) is 11.5. The normalized spacial score (nSPS) is 17.3. The van der Waals surface area contributed by atoms with Crippen molar-refractivity contribution in [1.82, 2.24) is 0 Å². The maximum Gasteiger partial charge on any atom is 0.256 e. The minimum Gasteiger partial charge on any atom is -0.497 e. The first-order valence-corrected chi connectivity index (χ1v) is 7.91.